The standard InChI is InChI=1S/C22H32N2/c1-17(2)16-20-10-12-22(13-11-20)19(4)24-15-14-23-18(3)21-8-6-5-7-9-21/h5-13,17-19,23-24H,14-16H2,1-4H3/t18-,19-/m0/s1. The summed E-state index contributed by atoms with van der Waals surface area (Å²) in [6, 6.07) is 20.4. The third-order valence-electron chi connectivity index (χ3n) is 4.45. The number of rotatable bonds is 9. The predicted octanol–water partition coefficient (Wildman–Crippen LogP) is 4.89. The van der Waals surface area contributed by atoms with Crippen LogP contribution < -0.4 is 10.6 Å². The summed E-state index contributed by atoms with van der Waals surface area (Å²) in [6.07, 6.45) is 1.16. The number of hydrogen-bond acceptors (Lipinski definition) is 2. The van der Waals surface area contributed by atoms with Crippen LogP contribution in [0.1, 0.15) is 56.5 Å². The van der Waals surface area contributed by atoms with E-state index in [2.05, 4.69) is 92.9 Å². The first kappa shape index (κ1) is 18.7. The Morgan fingerprint density at radius 2 is 1.17 bits per heavy atom. The lowest BCUT2D eigenvalue weighted by molar-refractivity contribution is 0.511. The third-order valence-corrected chi connectivity index (χ3v) is 4.45. The molecule has 130 valence electrons. The van der Waals surface area contributed by atoms with Gasteiger partial charge in [-0.1, -0.05) is 68.4 Å². The first-order chi connectivity index (χ1) is 11.6. The second kappa shape index (κ2) is 9.61. The van der Waals surface area contributed by atoms with Crippen molar-refractivity contribution in [3.05, 3.63) is 71.3 Å². The van der Waals surface area contributed by atoms with Gasteiger partial charge in [-0.05, 0) is 42.9 Å². The average molecular weight is 325 g/mol. The van der Waals surface area contributed by atoms with Gasteiger partial charge in [0.25, 0.3) is 0 Å². The number of nitrogens with one attached hydrogen (secondary N) is 2. The van der Waals surface area contributed by atoms with Gasteiger partial charge >= 0.3 is 0 Å². The quantitative estimate of drug-likeness (QED) is 0.642. The van der Waals surface area contributed by atoms with Gasteiger partial charge in [-0.3, -0.25) is 0 Å². The number of benzene rings is 2. The van der Waals surface area contributed by atoms with Gasteiger partial charge in [0.2, 0.25) is 0 Å². The van der Waals surface area contributed by atoms with Crippen molar-refractivity contribution in [3.63, 3.8) is 0 Å². The second-order valence-electron chi connectivity index (χ2n) is 7.10. The van der Waals surface area contributed by atoms with Crippen molar-refractivity contribution in [2.45, 2.75) is 46.2 Å². The molecule has 0 amide bonds. The molecule has 0 radical (unpaired) electrons. The minimum absolute atomic E-state index is 0.381. The fraction of sp³-hybridized carbons (Fsp3) is 0.455. The Bertz CT molecular complexity index is 575. The molecule has 2 aromatic rings. The van der Waals surface area contributed by atoms with Gasteiger partial charge in [0.05, 0.1) is 0 Å². The van der Waals surface area contributed by atoms with Crippen molar-refractivity contribution in [2.75, 3.05) is 13.1 Å². The van der Waals surface area contributed by atoms with E-state index in [9.17, 15) is 0 Å². The van der Waals surface area contributed by atoms with Crippen molar-refractivity contribution in [1.29, 1.82) is 0 Å². The molecule has 0 unspecified atom stereocenters. The topological polar surface area (TPSA) is 24.1 Å². The third kappa shape index (κ3) is 6.10. The Kier molecular flexibility index (Phi) is 7.48. The molecule has 2 rings (SSSR count). The Hall–Kier alpha value is -1.64. The maximum absolute atomic E-state index is 3.60. The predicted molar refractivity (Wildman–Crippen MR) is 104 cm³/mol. The summed E-state index contributed by atoms with van der Waals surface area (Å²) in [6.45, 7) is 10.9. The highest BCUT2D eigenvalue weighted by Gasteiger charge is 2.06. The van der Waals surface area contributed by atoms with Crippen molar-refractivity contribution in [2.24, 2.45) is 5.92 Å². The molecule has 2 nitrogen and oxygen atoms in total. The molecule has 2 aromatic carbocycles. The zero-order valence-corrected chi connectivity index (χ0v) is 15.5. The van der Waals surface area contributed by atoms with E-state index in [1.807, 2.05) is 0 Å². The molecule has 0 fully saturated rings. The molecule has 2 heteroatoms. The summed E-state index contributed by atoms with van der Waals surface area (Å²) in [4.78, 5) is 0. The first-order valence-electron chi connectivity index (χ1n) is 9.17. The molecule has 0 bridgehead atoms. The fourth-order valence-corrected chi connectivity index (χ4v) is 2.97. The lowest BCUT2D eigenvalue weighted by Crippen LogP contribution is -2.30. The molecule has 2 atom stereocenters. The maximum Gasteiger partial charge on any atom is 0.0292 e. The highest BCUT2D eigenvalue weighted by atomic mass is 15.0. The van der Waals surface area contributed by atoms with Crippen LogP contribution in [0.2, 0.25) is 0 Å². The lowest BCUT2D eigenvalue weighted by Gasteiger charge is -2.18. The zero-order chi connectivity index (χ0) is 17.4. The zero-order valence-electron chi connectivity index (χ0n) is 15.5. The van der Waals surface area contributed by atoms with Gasteiger partial charge in [-0.15, -0.1) is 0 Å². The molecule has 0 spiro atoms. The molecule has 0 aliphatic carbocycles. The van der Waals surface area contributed by atoms with Crippen LogP contribution in [-0.2, 0) is 6.42 Å². The molecule has 0 heterocycles. The van der Waals surface area contributed by atoms with Crippen LogP contribution in [0.25, 0.3) is 0 Å². The molecule has 0 saturated heterocycles. The van der Waals surface area contributed by atoms with Crippen LogP contribution in [0.15, 0.2) is 54.6 Å². The molecule has 0 aromatic heterocycles. The molecule has 0 aliphatic rings. The van der Waals surface area contributed by atoms with E-state index < -0.39 is 0 Å². The SMILES string of the molecule is CC(C)Cc1ccc([C@H](C)NCCN[C@@H](C)c2ccccc2)cc1. The summed E-state index contributed by atoms with van der Waals surface area (Å²) >= 11 is 0. The molecular weight excluding hydrogens is 292 g/mol. The highest BCUT2D eigenvalue weighted by Crippen LogP contribution is 2.15. The van der Waals surface area contributed by atoms with Gasteiger partial charge in [0.15, 0.2) is 0 Å². The lowest BCUT2D eigenvalue weighted by atomic mass is 10.00. The summed E-state index contributed by atoms with van der Waals surface area (Å²) in [5, 5.41) is 7.18. The van der Waals surface area contributed by atoms with E-state index in [1.165, 1.54) is 16.7 Å². The number of hydrogen-bond donors (Lipinski definition) is 2. The average Bonchev–Trinajstić information content (AvgIpc) is 2.59. The Morgan fingerprint density at radius 3 is 1.67 bits per heavy atom. The summed E-state index contributed by atoms with van der Waals surface area (Å²) in [7, 11) is 0. The van der Waals surface area contributed by atoms with E-state index in [0.717, 1.165) is 19.5 Å². The smallest absolute Gasteiger partial charge is 0.0292 e. The van der Waals surface area contributed by atoms with E-state index in [4.69, 9.17) is 0 Å². The van der Waals surface area contributed by atoms with E-state index in [1.54, 1.807) is 0 Å². The monoisotopic (exact) mass is 324 g/mol. The minimum Gasteiger partial charge on any atom is -0.309 e. The van der Waals surface area contributed by atoms with Crippen molar-refractivity contribution < 1.29 is 0 Å². The normalized spacial score (nSPS) is 13.9. The highest BCUT2D eigenvalue weighted by molar-refractivity contribution is 5.25. The molecule has 24 heavy (non-hydrogen) atoms. The molecule has 0 saturated carbocycles. The summed E-state index contributed by atoms with van der Waals surface area (Å²) in [5.74, 6) is 0.712. The maximum atomic E-state index is 3.60. The second-order valence-corrected chi connectivity index (χ2v) is 7.10. The Balaban J connectivity index is 1.72. The Morgan fingerprint density at radius 1 is 0.667 bits per heavy atom. The van der Waals surface area contributed by atoms with Gasteiger partial charge < -0.3 is 10.6 Å². The van der Waals surface area contributed by atoms with Crippen molar-refractivity contribution in [3.8, 4) is 0 Å². The van der Waals surface area contributed by atoms with Gasteiger partial charge in [0, 0.05) is 25.2 Å². The minimum atomic E-state index is 0.381. The van der Waals surface area contributed by atoms with Gasteiger partial charge in [-0.25, -0.2) is 0 Å². The summed E-state index contributed by atoms with van der Waals surface area (Å²) in [5.41, 5.74) is 4.13. The van der Waals surface area contributed by atoms with Gasteiger partial charge in [0.1, 0.15) is 0 Å². The van der Waals surface area contributed by atoms with E-state index >= 15 is 0 Å². The van der Waals surface area contributed by atoms with Crippen LogP contribution in [0, 0.1) is 5.92 Å². The van der Waals surface area contributed by atoms with Crippen LogP contribution in [0.4, 0.5) is 0 Å². The van der Waals surface area contributed by atoms with E-state index in [0.29, 0.717) is 18.0 Å². The van der Waals surface area contributed by atoms with Crippen LogP contribution in [0.5, 0.6) is 0 Å². The van der Waals surface area contributed by atoms with Crippen LogP contribution in [0.3, 0.4) is 0 Å². The van der Waals surface area contributed by atoms with Crippen LogP contribution in [-0.4, -0.2) is 13.1 Å². The van der Waals surface area contributed by atoms with Crippen molar-refractivity contribution >= 4 is 0 Å². The Labute approximate surface area is 147 Å². The molecule has 0 aliphatic heterocycles. The molecular formula is C22H32N2. The first-order valence-corrected chi connectivity index (χ1v) is 9.17. The largest absolute Gasteiger partial charge is 0.309 e. The summed E-state index contributed by atoms with van der Waals surface area (Å²) < 4.78 is 0. The van der Waals surface area contributed by atoms with E-state index in [-0.39, 0.29) is 0 Å². The fourth-order valence-electron chi connectivity index (χ4n) is 2.97. The van der Waals surface area contributed by atoms with Crippen LogP contribution >= 0.6 is 0 Å². The molecule has 2 N–H and O–H groups in total. The van der Waals surface area contributed by atoms with Gasteiger partial charge in [-0.2, -0.15) is 0 Å². The van der Waals surface area contributed by atoms with Crippen molar-refractivity contribution in [1.82, 2.24) is 10.6 Å².